The van der Waals surface area contributed by atoms with Crippen LogP contribution in [0.15, 0.2) is 24.3 Å². The Morgan fingerprint density at radius 2 is 1.91 bits per heavy atom. The molecule has 0 saturated heterocycles. The van der Waals surface area contributed by atoms with Gasteiger partial charge in [-0.15, -0.1) is 0 Å². The molecule has 0 unspecified atom stereocenters. The number of carbonyl (C=O) groups is 1. The first-order valence-corrected chi connectivity index (χ1v) is 7.20. The molecule has 0 bridgehead atoms. The minimum Gasteiger partial charge on any atom is -0.344 e. The van der Waals surface area contributed by atoms with Crippen LogP contribution in [0.4, 0.5) is 8.78 Å². The quantitative estimate of drug-likeness (QED) is 0.922. The van der Waals surface area contributed by atoms with Gasteiger partial charge in [0.25, 0.3) is 5.91 Å². The van der Waals surface area contributed by atoms with Gasteiger partial charge in [0.15, 0.2) is 0 Å². The highest BCUT2D eigenvalue weighted by Gasteiger charge is 2.17. The second-order valence-electron chi connectivity index (χ2n) is 5.29. The molecule has 0 spiro atoms. The molecule has 0 aliphatic heterocycles. The number of aryl methyl sites for hydroxylation is 2. The maximum absolute atomic E-state index is 13.2. The molecule has 0 fully saturated rings. The van der Waals surface area contributed by atoms with Gasteiger partial charge >= 0.3 is 0 Å². The highest BCUT2D eigenvalue weighted by Crippen LogP contribution is 2.17. The fraction of sp³-hybridized carbons (Fsp3) is 0.375. The molecule has 1 aromatic carbocycles. The van der Waals surface area contributed by atoms with Crippen molar-refractivity contribution in [3.8, 4) is 0 Å². The number of hydrogen-bond acceptors (Lipinski definition) is 2. The van der Waals surface area contributed by atoms with Crippen LogP contribution < -0.4 is 5.32 Å². The van der Waals surface area contributed by atoms with E-state index in [9.17, 15) is 13.6 Å². The summed E-state index contributed by atoms with van der Waals surface area (Å²) in [7, 11) is 1.70. The molecule has 1 amide bonds. The van der Waals surface area contributed by atoms with E-state index in [4.69, 9.17) is 0 Å². The van der Waals surface area contributed by atoms with Crippen molar-refractivity contribution in [2.24, 2.45) is 7.05 Å². The van der Waals surface area contributed by atoms with E-state index in [1.807, 2.05) is 6.92 Å². The van der Waals surface area contributed by atoms with Crippen molar-refractivity contribution in [2.45, 2.75) is 32.7 Å². The Morgan fingerprint density at radius 3 is 2.50 bits per heavy atom. The molecule has 118 valence electrons. The molecule has 4 nitrogen and oxygen atoms in total. The maximum atomic E-state index is 13.2. The first kappa shape index (κ1) is 16.1. The summed E-state index contributed by atoms with van der Waals surface area (Å²) in [6.45, 7) is 3.71. The first-order chi connectivity index (χ1) is 10.4. The fourth-order valence-corrected chi connectivity index (χ4v) is 2.30. The van der Waals surface area contributed by atoms with Gasteiger partial charge in [0.1, 0.15) is 17.3 Å². The maximum Gasteiger partial charge on any atom is 0.270 e. The molecule has 0 aliphatic carbocycles. The number of hydrogen-bond donors (Lipinski definition) is 1. The minimum atomic E-state index is -0.665. The van der Waals surface area contributed by atoms with Crippen molar-refractivity contribution in [3.05, 3.63) is 52.9 Å². The van der Waals surface area contributed by atoms with Crippen LogP contribution in [0.5, 0.6) is 0 Å². The molecule has 1 aromatic heterocycles. The number of rotatable bonds is 5. The highest BCUT2D eigenvalue weighted by molar-refractivity contribution is 5.92. The Hall–Kier alpha value is -2.24. The van der Waals surface area contributed by atoms with E-state index >= 15 is 0 Å². The second-order valence-corrected chi connectivity index (χ2v) is 5.29. The van der Waals surface area contributed by atoms with Crippen molar-refractivity contribution < 1.29 is 13.6 Å². The summed E-state index contributed by atoms with van der Waals surface area (Å²) < 4.78 is 28.0. The van der Waals surface area contributed by atoms with Gasteiger partial charge in [-0.1, -0.05) is 13.3 Å². The van der Waals surface area contributed by atoms with Gasteiger partial charge in [-0.25, -0.2) is 8.78 Å². The van der Waals surface area contributed by atoms with E-state index in [-0.39, 0.29) is 5.91 Å². The molecule has 6 heteroatoms. The summed E-state index contributed by atoms with van der Waals surface area (Å²) in [5.41, 5.74) is 1.65. The Balaban J connectivity index is 2.14. The molecule has 0 saturated carbocycles. The van der Waals surface area contributed by atoms with Crippen LogP contribution in [-0.4, -0.2) is 15.7 Å². The number of nitrogens with zero attached hydrogens (tertiary/aromatic N) is 2. The number of aromatic nitrogens is 2. The predicted molar refractivity (Wildman–Crippen MR) is 79.4 cm³/mol. The molecule has 2 aromatic rings. The lowest BCUT2D eigenvalue weighted by molar-refractivity contribution is 0.0930. The van der Waals surface area contributed by atoms with Crippen molar-refractivity contribution in [3.63, 3.8) is 0 Å². The first-order valence-electron chi connectivity index (χ1n) is 7.20. The van der Waals surface area contributed by atoms with Crippen molar-refractivity contribution in [1.29, 1.82) is 0 Å². The number of benzene rings is 1. The standard InChI is InChI=1S/C16H19F2N3O/c1-4-5-14-9-15(21(3)20-14)16(22)19-10(2)11-6-12(17)8-13(18)7-11/h6-10H,4-5H2,1-3H3,(H,19,22)/t10-/m0/s1. The Morgan fingerprint density at radius 1 is 1.27 bits per heavy atom. The number of halogens is 2. The van der Waals surface area contributed by atoms with E-state index in [0.717, 1.165) is 24.6 Å². The molecule has 1 heterocycles. The lowest BCUT2D eigenvalue weighted by Crippen LogP contribution is -2.28. The molecule has 22 heavy (non-hydrogen) atoms. The molecule has 1 atom stereocenters. The lowest BCUT2D eigenvalue weighted by atomic mass is 10.1. The van der Waals surface area contributed by atoms with E-state index in [1.54, 1.807) is 20.0 Å². The summed E-state index contributed by atoms with van der Waals surface area (Å²) in [4.78, 5) is 12.3. The molecule has 2 rings (SSSR count). The number of nitrogens with one attached hydrogen (secondary N) is 1. The zero-order valence-corrected chi connectivity index (χ0v) is 12.9. The van der Waals surface area contributed by atoms with E-state index in [0.29, 0.717) is 11.3 Å². The minimum absolute atomic E-state index is 0.325. The largest absolute Gasteiger partial charge is 0.344 e. The Labute approximate surface area is 128 Å². The van der Waals surface area contributed by atoms with Crippen molar-refractivity contribution >= 4 is 5.91 Å². The molecular weight excluding hydrogens is 288 g/mol. The third-order valence-corrected chi connectivity index (χ3v) is 3.40. The van der Waals surface area contributed by atoms with E-state index in [2.05, 4.69) is 10.4 Å². The summed E-state index contributed by atoms with van der Waals surface area (Å²) >= 11 is 0. The van der Waals surface area contributed by atoms with Crippen LogP contribution in [0.1, 0.15) is 48.1 Å². The predicted octanol–water partition coefficient (Wildman–Crippen LogP) is 3.14. The van der Waals surface area contributed by atoms with Crippen LogP contribution in [-0.2, 0) is 13.5 Å². The monoisotopic (exact) mass is 307 g/mol. The average Bonchev–Trinajstić information content (AvgIpc) is 2.79. The zero-order chi connectivity index (χ0) is 16.3. The normalized spacial score (nSPS) is 12.2. The van der Waals surface area contributed by atoms with E-state index in [1.165, 1.54) is 16.8 Å². The summed E-state index contributed by atoms with van der Waals surface area (Å²) in [5, 5.41) is 7.00. The van der Waals surface area contributed by atoms with Gasteiger partial charge in [0.2, 0.25) is 0 Å². The number of carbonyl (C=O) groups excluding carboxylic acids is 1. The van der Waals surface area contributed by atoms with Gasteiger partial charge in [-0.05, 0) is 37.1 Å². The highest BCUT2D eigenvalue weighted by atomic mass is 19.1. The average molecular weight is 307 g/mol. The molecular formula is C16H19F2N3O. The third-order valence-electron chi connectivity index (χ3n) is 3.40. The summed E-state index contributed by atoms with van der Waals surface area (Å²) in [5.74, 6) is -1.65. The summed E-state index contributed by atoms with van der Waals surface area (Å²) in [6.07, 6.45) is 1.74. The van der Waals surface area contributed by atoms with Crippen LogP contribution in [0.3, 0.4) is 0 Å². The molecule has 0 radical (unpaired) electrons. The Kier molecular flexibility index (Phi) is 4.90. The SMILES string of the molecule is CCCc1cc(C(=O)N[C@@H](C)c2cc(F)cc(F)c2)n(C)n1. The molecule has 0 aliphatic rings. The zero-order valence-electron chi connectivity index (χ0n) is 12.9. The van der Waals surface area contributed by atoms with Crippen LogP contribution in [0, 0.1) is 11.6 Å². The van der Waals surface area contributed by atoms with Crippen LogP contribution >= 0.6 is 0 Å². The topological polar surface area (TPSA) is 46.9 Å². The fourth-order valence-electron chi connectivity index (χ4n) is 2.30. The summed E-state index contributed by atoms with van der Waals surface area (Å²) in [6, 6.07) is 4.44. The van der Waals surface area contributed by atoms with Gasteiger partial charge in [-0.2, -0.15) is 5.10 Å². The molecule has 1 N–H and O–H groups in total. The van der Waals surface area contributed by atoms with Crippen LogP contribution in [0.2, 0.25) is 0 Å². The van der Waals surface area contributed by atoms with Crippen LogP contribution in [0.25, 0.3) is 0 Å². The van der Waals surface area contributed by atoms with E-state index < -0.39 is 17.7 Å². The van der Waals surface area contributed by atoms with Crippen molar-refractivity contribution in [1.82, 2.24) is 15.1 Å². The van der Waals surface area contributed by atoms with Gasteiger partial charge < -0.3 is 5.32 Å². The van der Waals surface area contributed by atoms with Gasteiger partial charge in [0, 0.05) is 13.1 Å². The number of amides is 1. The lowest BCUT2D eigenvalue weighted by Gasteiger charge is -2.14. The van der Waals surface area contributed by atoms with Gasteiger partial charge in [-0.3, -0.25) is 9.48 Å². The third kappa shape index (κ3) is 3.69. The smallest absolute Gasteiger partial charge is 0.270 e. The van der Waals surface area contributed by atoms with Gasteiger partial charge in [0.05, 0.1) is 11.7 Å². The second kappa shape index (κ2) is 6.68. The Bertz CT molecular complexity index is 662. The van der Waals surface area contributed by atoms with Crippen molar-refractivity contribution in [2.75, 3.05) is 0 Å².